The van der Waals surface area contributed by atoms with E-state index in [0.29, 0.717) is 0 Å². The Hall–Kier alpha value is -0.290. The summed E-state index contributed by atoms with van der Waals surface area (Å²) < 4.78 is 17.8. The van der Waals surface area contributed by atoms with Crippen molar-refractivity contribution in [2.24, 2.45) is 5.92 Å². The van der Waals surface area contributed by atoms with Crippen LogP contribution >= 0.6 is 0 Å². The van der Waals surface area contributed by atoms with E-state index in [2.05, 4.69) is 42.5 Å². The fourth-order valence-electron chi connectivity index (χ4n) is 4.57. The summed E-state index contributed by atoms with van der Waals surface area (Å²) in [4.78, 5) is 0. The Morgan fingerprint density at radius 1 is 1.41 bits per heavy atom. The number of ether oxygens (including phenoxy) is 3. The van der Waals surface area contributed by atoms with Crippen molar-refractivity contribution in [1.82, 2.24) is 0 Å². The van der Waals surface area contributed by atoms with Crippen molar-refractivity contribution in [3.63, 3.8) is 0 Å². The van der Waals surface area contributed by atoms with Gasteiger partial charge in [-0.3, -0.25) is 0 Å². The number of methoxy groups -OCH3 is 1. The molecule has 22 heavy (non-hydrogen) atoms. The minimum Gasteiger partial charge on any atom is -0.391 e. The van der Waals surface area contributed by atoms with E-state index in [0.717, 1.165) is 19.4 Å². The minimum atomic E-state index is -0.498. The number of epoxide rings is 2. The van der Waals surface area contributed by atoms with E-state index in [1.807, 2.05) is 0 Å². The smallest absolute Gasteiger partial charge is 0.103 e. The van der Waals surface area contributed by atoms with Crippen LogP contribution in [0.4, 0.5) is 0 Å². The fraction of sp³-hybridized carbons (Fsp3) is 0.875. The second kappa shape index (κ2) is 5.10. The fourth-order valence-corrected chi connectivity index (χ4v) is 4.57. The zero-order valence-corrected chi connectivity index (χ0v) is 14.7. The molecule has 0 aromatic carbocycles. The summed E-state index contributed by atoms with van der Waals surface area (Å²) in [5, 5.41) is 10.6. The van der Waals surface area contributed by atoms with Crippen LogP contribution in [0.1, 0.15) is 33.6 Å². The van der Waals surface area contributed by atoms with E-state index < -0.39 is 6.10 Å². The average molecular weight is 306 g/mol. The van der Waals surface area contributed by atoms with Crippen molar-refractivity contribution in [2.75, 3.05) is 13.7 Å². The Balaban J connectivity index is 1.84. The van der Waals surface area contributed by atoms with Gasteiger partial charge in [-0.15, -0.1) is 0 Å². The summed E-state index contributed by atoms with van der Waals surface area (Å²) in [5.74, 6) is 0.0867. The van der Waals surface area contributed by atoms with Crippen LogP contribution in [0.2, 0.25) is 5.21 Å². The lowest BCUT2D eigenvalue weighted by Gasteiger charge is -2.49. The molecule has 3 aliphatic rings. The van der Waals surface area contributed by atoms with Crippen LogP contribution in [0.15, 0.2) is 11.6 Å². The van der Waals surface area contributed by atoms with Crippen LogP contribution < -0.4 is 0 Å². The molecule has 0 aromatic heterocycles. The lowest BCUT2D eigenvalue weighted by Crippen LogP contribution is -2.60. The van der Waals surface area contributed by atoms with Crippen LogP contribution in [0, 0.1) is 5.92 Å². The first-order valence-corrected chi connectivity index (χ1v) is 8.32. The van der Waals surface area contributed by atoms with Gasteiger partial charge in [-0.05, 0) is 33.6 Å². The largest absolute Gasteiger partial charge is 0.391 e. The van der Waals surface area contributed by atoms with E-state index >= 15 is 0 Å². The number of hydrogen-bond acceptors (Lipinski definition) is 4. The molecular weight excluding hydrogens is 278 g/mol. The van der Waals surface area contributed by atoms with Crippen molar-refractivity contribution >= 4 is 15.7 Å². The van der Waals surface area contributed by atoms with Crippen molar-refractivity contribution in [3.8, 4) is 0 Å². The maximum atomic E-state index is 10.8. The van der Waals surface area contributed by atoms with E-state index in [9.17, 15) is 5.11 Å². The third kappa shape index (κ3) is 2.48. The molecule has 6 atom stereocenters. The molecule has 1 unspecified atom stereocenters. The standard InChI is InChI=1S/C16H28B2O4/c1-9(2)5-6-10-14(3,22-10)12-11(20-4)13(19)16(17,18)7-15(12)8-21-15/h5,10-13,19H,6-8,17-18H2,1-4H3/t10-,11+,12-,13+,14?,15+/m1/s1. The number of rotatable bonds is 4. The van der Waals surface area contributed by atoms with Crippen molar-refractivity contribution in [1.29, 1.82) is 0 Å². The van der Waals surface area contributed by atoms with Crippen LogP contribution in [0.5, 0.6) is 0 Å². The number of aliphatic hydroxyl groups excluding tert-OH is 1. The van der Waals surface area contributed by atoms with Crippen LogP contribution in [0.25, 0.3) is 0 Å². The predicted octanol–water partition coefficient (Wildman–Crippen LogP) is 0.0474. The molecule has 2 saturated heterocycles. The molecule has 0 bridgehead atoms. The summed E-state index contributed by atoms with van der Waals surface area (Å²) in [5.41, 5.74) is 0.863. The molecule has 2 heterocycles. The zero-order valence-electron chi connectivity index (χ0n) is 14.7. The van der Waals surface area contributed by atoms with E-state index in [1.54, 1.807) is 7.11 Å². The molecule has 3 rings (SSSR count). The molecule has 0 radical (unpaired) electrons. The summed E-state index contributed by atoms with van der Waals surface area (Å²) in [6.45, 7) is 7.12. The highest BCUT2D eigenvalue weighted by atomic mass is 16.6. The molecule has 2 aliphatic heterocycles. The highest BCUT2D eigenvalue weighted by Crippen LogP contribution is 2.62. The first kappa shape index (κ1) is 16.6. The monoisotopic (exact) mass is 306 g/mol. The molecule has 3 fully saturated rings. The first-order valence-electron chi connectivity index (χ1n) is 8.32. The summed E-state index contributed by atoms with van der Waals surface area (Å²) in [6, 6.07) is 0. The van der Waals surface area contributed by atoms with Gasteiger partial charge in [0.25, 0.3) is 0 Å². The number of allylic oxidation sites excluding steroid dienone is 1. The first-order chi connectivity index (χ1) is 10.2. The van der Waals surface area contributed by atoms with Gasteiger partial charge >= 0.3 is 0 Å². The molecule has 1 N–H and O–H groups in total. The summed E-state index contributed by atoms with van der Waals surface area (Å²) >= 11 is 0. The topological polar surface area (TPSA) is 54.5 Å². The average Bonchev–Trinajstić information content (AvgIpc) is 3.30. The molecule has 1 spiro atoms. The molecule has 0 amide bonds. The SMILES string of the molecule is BC1(B)C[C@]2(CO2)[C@@H](C2(C)O[C@@H]2CC=C(C)C)[C@H](OC)[C@@H]1O. The van der Waals surface area contributed by atoms with Crippen LogP contribution in [-0.2, 0) is 14.2 Å². The van der Waals surface area contributed by atoms with E-state index in [-0.39, 0.29) is 34.5 Å². The summed E-state index contributed by atoms with van der Waals surface area (Å²) in [6.07, 6.45) is 3.46. The normalized spacial score (nSPS) is 49.0. The Labute approximate surface area is 135 Å². The Morgan fingerprint density at radius 2 is 2.05 bits per heavy atom. The highest BCUT2D eigenvalue weighted by molar-refractivity contribution is 6.40. The lowest BCUT2D eigenvalue weighted by atomic mass is 9.42. The Morgan fingerprint density at radius 3 is 2.55 bits per heavy atom. The number of aliphatic hydroxyl groups is 1. The molecule has 6 heteroatoms. The number of hydrogen-bond donors (Lipinski definition) is 1. The van der Waals surface area contributed by atoms with Gasteiger partial charge < -0.3 is 19.3 Å². The van der Waals surface area contributed by atoms with Crippen LogP contribution in [-0.4, -0.2) is 64.0 Å². The lowest BCUT2D eigenvalue weighted by molar-refractivity contribution is -0.121. The Bertz CT molecular complexity index is 485. The molecular formula is C16H28B2O4. The third-order valence-electron chi connectivity index (χ3n) is 5.89. The predicted molar refractivity (Wildman–Crippen MR) is 90.7 cm³/mol. The Kier molecular flexibility index (Phi) is 3.84. The van der Waals surface area contributed by atoms with Gasteiger partial charge in [-0.1, -0.05) is 16.9 Å². The molecule has 1 aliphatic carbocycles. The zero-order chi connectivity index (χ0) is 16.3. The molecule has 0 aromatic rings. The molecule has 1 saturated carbocycles. The van der Waals surface area contributed by atoms with Crippen molar-refractivity contribution in [3.05, 3.63) is 11.6 Å². The van der Waals surface area contributed by atoms with Crippen LogP contribution in [0.3, 0.4) is 0 Å². The van der Waals surface area contributed by atoms with Gasteiger partial charge in [0.05, 0.1) is 36.4 Å². The maximum absolute atomic E-state index is 10.8. The van der Waals surface area contributed by atoms with Gasteiger partial charge in [-0.2, -0.15) is 0 Å². The van der Waals surface area contributed by atoms with Gasteiger partial charge in [0.1, 0.15) is 21.3 Å². The minimum absolute atomic E-state index is 0.0867. The van der Waals surface area contributed by atoms with E-state index in [4.69, 9.17) is 14.2 Å². The van der Waals surface area contributed by atoms with Gasteiger partial charge in [0.2, 0.25) is 0 Å². The molecule has 122 valence electrons. The molecule has 4 nitrogen and oxygen atoms in total. The van der Waals surface area contributed by atoms with Gasteiger partial charge in [0, 0.05) is 7.11 Å². The second-order valence-corrected chi connectivity index (χ2v) is 8.45. The van der Waals surface area contributed by atoms with Crippen molar-refractivity contribution < 1.29 is 19.3 Å². The summed E-state index contributed by atoms with van der Waals surface area (Å²) in [7, 11) is 5.88. The highest BCUT2D eigenvalue weighted by Gasteiger charge is 2.73. The van der Waals surface area contributed by atoms with E-state index in [1.165, 1.54) is 5.57 Å². The quantitative estimate of drug-likeness (QED) is 0.453. The van der Waals surface area contributed by atoms with Gasteiger partial charge in [-0.25, -0.2) is 0 Å². The van der Waals surface area contributed by atoms with Gasteiger partial charge in [0.15, 0.2) is 0 Å². The third-order valence-corrected chi connectivity index (χ3v) is 5.89. The maximum Gasteiger partial charge on any atom is 0.103 e. The van der Waals surface area contributed by atoms with Crippen molar-refractivity contribution in [2.45, 2.75) is 68.3 Å². The second-order valence-electron chi connectivity index (χ2n) is 8.45.